The summed E-state index contributed by atoms with van der Waals surface area (Å²) in [5, 5.41) is 3.25. The molecule has 1 fully saturated rings. The van der Waals surface area contributed by atoms with Crippen molar-refractivity contribution >= 4 is 17.8 Å². The summed E-state index contributed by atoms with van der Waals surface area (Å²) in [6, 6.07) is 0.569. The van der Waals surface area contributed by atoms with Gasteiger partial charge in [0.15, 0.2) is 0 Å². The SMILES string of the molecule is CC(C)N(C)CCCNc1nc(N)nc(N2CCCC2)n1. The van der Waals surface area contributed by atoms with Crippen LogP contribution in [0.2, 0.25) is 0 Å². The van der Waals surface area contributed by atoms with Crippen LogP contribution in [0.5, 0.6) is 0 Å². The van der Waals surface area contributed by atoms with Crippen molar-refractivity contribution in [2.24, 2.45) is 0 Å². The molecule has 0 amide bonds. The van der Waals surface area contributed by atoms with E-state index in [1.165, 1.54) is 12.8 Å². The first-order valence-corrected chi connectivity index (χ1v) is 7.77. The summed E-state index contributed by atoms with van der Waals surface area (Å²) in [6.45, 7) is 8.28. The van der Waals surface area contributed by atoms with Gasteiger partial charge < -0.3 is 20.9 Å². The van der Waals surface area contributed by atoms with Crippen LogP contribution in [0.1, 0.15) is 33.1 Å². The normalized spacial score (nSPS) is 15.2. The smallest absolute Gasteiger partial charge is 0.231 e. The summed E-state index contributed by atoms with van der Waals surface area (Å²) in [7, 11) is 2.14. The van der Waals surface area contributed by atoms with Gasteiger partial charge in [-0.1, -0.05) is 0 Å². The van der Waals surface area contributed by atoms with Crippen LogP contribution in [0.3, 0.4) is 0 Å². The largest absolute Gasteiger partial charge is 0.368 e. The van der Waals surface area contributed by atoms with Gasteiger partial charge in [0, 0.05) is 25.7 Å². The predicted molar refractivity (Wildman–Crippen MR) is 86.6 cm³/mol. The molecule has 7 heteroatoms. The summed E-state index contributed by atoms with van der Waals surface area (Å²) in [4.78, 5) is 17.3. The summed E-state index contributed by atoms with van der Waals surface area (Å²) in [5.74, 6) is 1.56. The highest BCUT2D eigenvalue weighted by Gasteiger charge is 2.16. The number of rotatable bonds is 7. The van der Waals surface area contributed by atoms with Gasteiger partial charge in [-0.05, 0) is 46.7 Å². The van der Waals surface area contributed by atoms with Crippen LogP contribution >= 0.6 is 0 Å². The highest BCUT2D eigenvalue weighted by Crippen LogP contribution is 2.17. The quantitative estimate of drug-likeness (QED) is 0.731. The van der Waals surface area contributed by atoms with Crippen molar-refractivity contribution in [2.45, 2.75) is 39.2 Å². The molecule has 0 bridgehead atoms. The third-order valence-electron chi connectivity index (χ3n) is 3.88. The van der Waals surface area contributed by atoms with Gasteiger partial charge in [-0.3, -0.25) is 0 Å². The van der Waals surface area contributed by atoms with Gasteiger partial charge in [-0.2, -0.15) is 15.0 Å². The highest BCUT2D eigenvalue weighted by molar-refractivity contribution is 5.42. The molecule has 118 valence electrons. The van der Waals surface area contributed by atoms with E-state index < -0.39 is 0 Å². The molecule has 0 spiro atoms. The Hall–Kier alpha value is -1.63. The lowest BCUT2D eigenvalue weighted by molar-refractivity contribution is 0.273. The number of aromatic nitrogens is 3. The third-order valence-corrected chi connectivity index (χ3v) is 3.88. The third kappa shape index (κ3) is 4.70. The van der Waals surface area contributed by atoms with Crippen LogP contribution < -0.4 is 16.0 Å². The number of nitrogen functional groups attached to an aromatic ring is 1. The Morgan fingerprint density at radius 3 is 2.62 bits per heavy atom. The van der Waals surface area contributed by atoms with E-state index in [4.69, 9.17) is 5.73 Å². The lowest BCUT2D eigenvalue weighted by Gasteiger charge is -2.20. The summed E-state index contributed by atoms with van der Waals surface area (Å²) < 4.78 is 0. The zero-order valence-electron chi connectivity index (χ0n) is 13.3. The van der Waals surface area contributed by atoms with Crippen molar-refractivity contribution in [3.8, 4) is 0 Å². The Balaban J connectivity index is 1.85. The minimum Gasteiger partial charge on any atom is -0.368 e. The monoisotopic (exact) mass is 293 g/mol. The van der Waals surface area contributed by atoms with E-state index in [0.717, 1.165) is 32.6 Å². The molecule has 3 N–H and O–H groups in total. The second kappa shape index (κ2) is 7.40. The second-order valence-electron chi connectivity index (χ2n) is 5.87. The standard InChI is InChI=1S/C14H27N7/c1-11(2)20(3)8-6-7-16-13-17-12(15)18-14(19-13)21-9-4-5-10-21/h11H,4-10H2,1-3H3,(H3,15,16,17,18,19). The molecule has 1 aliphatic rings. The number of nitrogens with zero attached hydrogens (tertiary/aromatic N) is 5. The number of nitrogens with one attached hydrogen (secondary N) is 1. The number of nitrogens with two attached hydrogens (primary N) is 1. The van der Waals surface area contributed by atoms with Crippen LogP contribution in [0.25, 0.3) is 0 Å². The summed E-state index contributed by atoms with van der Waals surface area (Å²) >= 11 is 0. The van der Waals surface area contributed by atoms with Crippen LogP contribution in [-0.4, -0.2) is 59.1 Å². The van der Waals surface area contributed by atoms with E-state index in [0.29, 0.717) is 17.9 Å². The number of hydrogen-bond acceptors (Lipinski definition) is 7. The van der Waals surface area contributed by atoms with E-state index in [9.17, 15) is 0 Å². The van der Waals surface area contributed by atoms with Crippen LogP contribution in [-0.2, 0) is 0 Å². The van der Waals surface area contributed by atoms with Gasteiger partial charge >= 0.3 is 0 Å². The molecule has 2 rings (SSSR count). The van der Waals surface area contributed by atoms with Crippen LogP contribution in [0.4, 0.5) is 17.8 Å². The molecular weight excluding hydrogens is 266 g/mol. The van der Waals surface area contributed by atoms with Gasteiger partial charge in [0.2, 0.25) is 17.8 Å². The summed E-state index contributed by atoms with van der Waals surface area (Å²) in [5.41, 5.74) is 5.78. The molecule has 1 aromatic rings. The van der Waals surface area contributed by atoms with Crippen molar-refractivity contribution in [2.75, 3.05) is 49.2 Å². The molecule has 0 radical (unpaired) electrons. The van der Waals surface area contributed by atoms with Gasteiger partial charge in [0.1, 0.15) is 0 Å². The van der Waals surface area contributed by atoms with E-state index in [-0.39, 0.29) is 5.95 Å². The Morgan fingerprint density at radius 2 is 1.95 bits per heavy atom. The van der Waals surface area contributed by atoms with Crippen LogP contribution in [0, 0.1) is 0 Å². The lowest BCUT2D eigenvalue weighted by atomic mass is 10.3. The molecule has 0 saturated carbocycles. The molecule has 1 saturated heterocycles. The molecule has 2 heterocycles. The minimum absolute atomic E-state index is 0.286. The first kappa shape index (κ1) is 15.8. The van der Waals surface area contributed by atoms with Crippen molar-refractivity contribution < 1.29 is 0 Å². The van der Waals surface area contributed by atoms with Gasteiger partial charge in [0.25, 0.3) is 0 Å². The van der Waals surface area contributed by atoms with E-state index >= 15 is 0 Å². The zero-order chi connectivity index (χ0) is 15.2. The van der Waals surface area contributed by atoms with Gasteiger partial charge in [0.05, 0.1) is 0 Å². The first-order valence-electron chi connectivity index (χ1n) is 7.77. The van der Waals surface area contributed by atoms with Gasteiger partial charge in [-0.15, -0.1) is 0 Å². The molecule has 1 aliphatic heterocycles. The first-order chi connectivity index (χ1) is 10.1. The fourth-order valence-electron chi connectivity index (χ4n) is 2.31. The van der Waals surface area contributed by atoms with E-state index in [1.807, 2.05) is 0 Å². The number of anilines is 3. The number of hydrogen-bond donors (Lipinski definition) is 2. The molecule has 0 aliphatic carbocycles. The topological polar surface area (TPSA) is 83.2 Å². The van der Waals surface area contributed by atoms with Crippen molar-refractivity contribution in [3.63, 3.8) is 0 Å². The van der Waals surface area contributed by atoms with E-state index in [2.05, 4.69) is 51.0 Å². The Morgan fingerprint density at radius 1 is 1.24 bits per heavy atom. The van der Waals surface area contributed by atoms with Crippen LogP contribution in [0.15, 0.2) is 0 Å². The molecule has 21 heavy (non-hydrogen) atoms. The Kier molecular flexibility index (Phi) is 5.55. The van der Waals surface area contributed by atoms with Crippen molar-refractivity contribution in [1.82, 2.24) is 19.9 Å². The fourth-order valence-corrected chi connectivity index (χ4v) is 2.31. The highest BCUT2D eigenvalue weighted by atomic mass is 15.3. The molecular formula is C14H27N7. The average molecular weight is 293 g/mol. The van der Waals surface area contributed by atoms with E-state index in [1.54, 1.807) is 0 Å². The minimum atomic E-state index is 0.286. The molecule has 1 aromatic heterocycles. The maximum absolute atomic E-state index is 5.78. The van der Waals surface area contributed by atoms with Crippen molar-refractivity contribution in [3.05, 3.63) is 0 Å². The fraction of sp³-hybridized carbons (Fsp3) is 0.786. The molecule has 7 nitrogen and oxygen atoms in total. The van der Waals surface area contributed by atoms with Crippen molar-refractivity contribution in [1.29, 1.82) is 0 Å². The Bertz CT molecular complexity index is 443. The predicted octanol–water partition coefficient (Wildman–Crippen LogP) is 1.20. The maximum atomic E-state index is 5.78. The summed E-state index contributed by atoms with van der Waals surface area (Å²) in [6.07, 6.45) is 3.42. The molecule has 0 unspecified atom stereocenters. The average Bonchev–Trinajstić information content (AvgIpc) is 2.96. The zero-order valence-corrected chi connectivity index (χ0v) is 13.3. The molecule has 0 atom stereocenters. The van der Waals surface area contributed by atoms with Gasteiger partial charge in [-0.25, -0.2) is 0 Å². The second-order valence-corrected chi connectivity index (χ2v) is 5.87. The Labute approximate surface area is 127 Å². The lowest BCUT2D eigenvalue weighted by Crippen LogP contribution is -2.28. The molecule has 0 aromatic carbocycles. The maximum Gasteiger partial charge on any atom is 0.231 e.